The Balaban J connectivity index is 2.44. The standard InChI is InChI=1S/C11H10N2O/c1-8-2-4-10(12-6-8)9-3-5-11(14)13-7-9/h2-7H,1H3,(H,13,14). The third-order valence-corrected chi connectivity index (χ3v) is 1.99. The number of pyridine rings is 2. The third kappa shape index (κ3) is 1.71. The molecule has 0 bridgehead atoms. The van der Waals surface area contributed by atoms with Crippen LogP contribution in [0, 0.1) is 6.92 Å². The van der Waals surface area contributed by atoms with Gasteiger partial charge in [0, 0.05) is 24.0 Å². The van der Waals surface area contributed by atoms with E-state index in [1.54, 1.807) is 18.5 Å². The first-order valence-electron chi connectivity index (χ1n) is 4.37. The van der Waals surface area contributed by atoms with Gasteiger partial charge in [-0.1, -0.05) is 6.07 Å². The molecule has 0 aliphatic rings. The zero-order valence-electron chi connectivity index (χ0n) is 7.82. The molecule has 2 aromatic rings. The second-order valence-electron chi connectivity index (χ2n) is 3.16. The second kappa shape index (κ2) is 3.46. The summed E-state index contributed by atoms with van der Waals surface area (Å²) >= 11 is 0. The third-order valence-electron chi connectivity index (χ3n) is 1.99. The molecule has 0 unspecified atom stereocenters. The molecule has 0 spiro atoms. The zero-order chi connectivity index (χ0) is 9.97. The fourth-order valence-corrected chi connectivity index (χ4v) is 1.21. The van der Waals surface area contributed by atoms with E-state index in [0.29, 0.717) is 0 Å². The second-order valence-corrected chi connectivity index (χ2v) is 3.16. The summed E-state index contributed by atoms with van der Waals surface area (Å²) in [5, 5.41) is 0. The molecule has 0 aliphatic carbocycles. The monoisotopic (exact) mass is 186 g/mol. The predicted molar refractivity (Wildman–Crippen MR) is 55.0 cm³/mol. The van der Waals surface area contributed by atoms with E-state index in [4.69, 9.17) is 0 Å². The summed E-state index contributed by atoms with van der Waals surface area (Å²) in [4.78, 5) is 17.7. The summed E-state index contributed by atoms with van der Waals surface area (Å²) in [6, 6.07) is 7.18. The van der Waals surface area contributed by atoms with Crippen LogP contribution in [0.3, 0.4) is 0 Å². The Hall–Kier alpha value is -1.90. The molecule has 2 heterocycles. The lowest BCUT2D eigenvalue weighted by Gasteiger charge is -1.99. The average molecular weight is 186 g/mol. The Morgan fingerprint density at radius 1 is 1.21 bits per heavy atom. The van der Waals surface area contributed by atoms with Crippen molar-refractivity contribution < 1.29 is 0 Å². The van der Waals surface area contributed by atoms with Gasteiger partial charge in [0.05, 0.1) is 5.69 Å². The number of hydrogen-bond acceptors (Lipinski definition) is 2. The normalized spacial score (nSPS) is 10.1. The molecular formula is C11H10N2O. The number of aryl methyl sites for hydroxylation is 1. The smallest absolute Gasteiger partial charge is 0.247 e. The molecule has 3 nitrogen and oxygen atoms in total. The van der Waals surface area contributed by atoms with Crippen LogP contribution in [0.25, 0.3) is 11.3 Å². The molecule has 14 heavy (non-hydrogen) atoms. The number of H-pyrrole nitrogens is 1. The minimum atomic E-state index is -0.0964. The van der Waals surface area contributed by atoms with Crippen molar-refractivity contribution in [2.45, 2.75) is 6.92 Å². The van der Waals surface area contributed by atoms with Gasteiger partial charge >= 0.3 is 0 Å². The predicted octanol–water partition coefficient (Wildman–Crippen LogP) is 1.75. The Labute approximate surface area is 81.5 Å². The van der Waals surface area contributed by atoms with Gasteiger partial charge in [-0.25, -0.2) is 0 Å². The lowest BCUT2D eigenvalue weighted by atomic mass is 10.2. The van der Waals surface area contributed by atoms with E-state index in [1.807, 2.05) is 19.1 Å². The van der Waals surface area contributed by atoms with Gasteiger partial charge in [0.2, 0.25) is 5.56 Å². The molecule has 0 amide bonds. The molecule has 0 aromatic carbocycles. The number of rotatable bonds is 1. The zero-order valence-corrected chi connectivity index (χ0v) is 7.82. The molecule has 2 aromatic heterocycles. The number of nitrogens with one attached hydrogen (secondary N) is 1. The fourth-order valence-electron chi connectivity index (χ4n) is 1.21. The lowest BCUT2D eigenvalue weighted by Crippen LogP contribution is -2.01. The van der Waals surface area contributed by atoms with Crippen molar-refractivity contribution in [3.63, 3.8) is 0 Å². The molecule has 70 valence electrons. The van der Waals surface area contributed by atoms with Crippen molar-refractivity contribution in [1.82, 2.24) is 9.97 Å². The van der Waals surface area contributed by atoms with Gasteiger partial charge in [0.1, 0.15) is 0 Å². The molecule has 1 N–H and O–H groups in total. The van der Waals surface area contributed by atoms with Crippen molar-refractivity contribution in [2.24, 2.45) is 0 Å². The van der Waals surface area contributed by atoms with Crippen LogP contribution in [0.1, 0.15) is 5.56 Å². The van der Waals surface area contributed by atoms with Gasteiger partial charge in [0.15, 0.2) is 0 Å². The van der Waals surface area contributed by atoms with Crippen LogP contribution in [-0.4, -0.2) is 9.97 Å². The van der Waals surface area contributed by atoms with Crippen molar-refractivity contribution in [3.8, 4) is 11.3 Å². The Morgan fingerprint density at radius 3 is 2.64 bits per heavy atom. The topological polar surface area (TPSA) is 45.8 Å². The number of hydrogen-bond donors (Lipinski definition) is 1. The summed E-state index contributed by atoms with van der Waals surface area (Å²) in [5.41, 5.74) is 2.82. The van der Waals surface area contributed by atoms with E-state index in [1.165, 1.54) is 6.07 Å². The summed E-state index contributed by atoms with van der Waals surface area (Å²) < 4.78 is 0. The van der Waals surface area contributed by atoms with E-state index in [0.717, 1.165) is 16.8 Å². The van der Waals surface area contributed by atoms with Crippen LogP contribution in [0.15, 0.2) is 41.5 Å². The van der Waals surface area contributed by atoms with Gasteiger partial charge in [-0.05, 0) is 24.6 Å². The maximum Gasteiger partial charge on any atom is 0.247 e. The van der Waals surface area contributed by atoms with Crippen molar-refractivity contribution >= 4 is 0 Å². The SMILES string of the molecule is Cc1ccc(-c2ccc(=O)[nH]c2)nc1. The molecule has 0 saturated heterocycles. The minimum absolute atomic E-state index is 0.0964. The number of aromatic amines is 1. The lowest BCUT2D eigenvalue weighted by molar-refractivity contribution is 1.21. The highest BCUT2D eigenvalue weighted by atomic mass is 16.1. The number of nitrogens with zero attached hydrogens (tertiary/aromatic N) is 1. The highest BCUT2D eigenvalue weighted by Crippen LogP contribution is 2.13. The van der Waals surface area contributed by atoms with Gasteiger partial charge in [-0.15, -0.1) is 0 Å². The molecule has 0 aliphatic heterocycles. The largest absolute Gasteiger partial charge is 0.328 e. The van der Waals surface area contributed by atoms with Crippen molar-refractivity contribution in [1.29, 1.82) is 0 Å². The van der Waals surface area contributed by atoms with E-state index >= 15 is 0 Å². The average Bonchev–Trinajstić information content (AvgIpc) is 2.21. The summed E-state index contributed by atoms with van der Waals surface area (Å²) in [6.45, 7) is 1.99. The highest BCUT2D eigenvalue weighted by molar-refractivity contribution is 5.57. The molecular weight excluding hydrogens is 176 g/mol. The van der Waals surface area contributed by atoms with Gasteiger partial charge < -0.3 is 4.98 Å². The highest BCUT2D eigenvalue weighted by Gasteiger charge is 1.97. The van der Waals surface area contributed by atoms with Crippen LogP contribution >= 0.6 is 0 Å². The molecule has 2 rings (SSSR count). The van der Waals surface area contributed by atoms with Crippen LogP contribution in [-0.2, 0) is 0 Å². The summed E-state index contributed by atoms with van der Waals surface area (Å²) in [5.74, 6) is 0. The summed E-state index contributed by atoms with van der Waals surface area (Å²) in [7, 11) is 0. The summed E-state index contributed by atoms with van der Waals surface area (Å²) in [6.07, 6.45) is 3.47. The van der Waals surface area contributed by atoms with E-state index in [-0.39, 0.29) is 5.56 Å². The van der Waals surface area contributed by atoms with Gasteiger partial charge in [0.25, 0.3) is 0 Å². The first kappa shape index (κ1) is 8.69. The van der Waals surface area contributed by atoms with Crippen LogP contribution in [0.5, 0.6) is 0 Å². The molecule has 0 fully saturated rings. The van der Waals surface area contributed by atoms with Gasteiger partial charge in [-0.3, -0.25) is 9.78 Å². The van der Waals surface area contributed by atoms with E-state index in [9.17, 15) is 4.79 Å². The molecule has 0 saturated carbocycles. The van der Waals surface area contributed by atoms with Crippen LogP contribution < -0.4 is 5.56 Å². The van der Waals surface area contributed by atoms with Crippen LogP contribution in [0.4, 0.5) is 0 Å². The first-order valence-corrected chi connectivity index (χ1v) is 4.37. The maximum atomic E-state index is 10.8. The molecule has 0 radical (unpaired) electrons. The quantitative estimate of drug-likeness (QED) is 0.737. The minimum Gasteiger partial charge on any atom is -0.328 e. The van der Waals surface area contributed by atoms with Crippen LogP contribution in [0.2, 0.25) is 0 Å². The fraction of sp³-hybridized carbons (Fsp3) is 0.0909. The first-order chi connectivity index (χ1) is 6.75. The molecule has 0 atom stereocenters. The van der Waals surface area contributed by atoms with E-state index < -0.39 is 0 Å². The van der Waals surface area contributed by atoms with Gasteiger partial charge in [-0.2, -0.15) is 0 Å². The number of aromatic nitrogens is 2. The Kier molecular flexibility index (Phi) is 2.14. The van der Waals surface area contributed by atoms with Crippen molar-refractivity contribution in [2.75, 3.05) is 0 Å². The Morgan fingerprint density at radius 2 is 2.07 bits per heavy atom. The van der Waals surface area contributed by atoms with E-state index in [2.05, 4.69) is 9.97 Å². The molecule has 3 heteroatoms. The Bertz CT molecular complexity index is 465. The maximum absolute atomic E-state index is 10.8. The van der Waals surface area contributed by atoms with Crippen molar-refractivity contribution in [3.05, 3.63) is 52.6 Å².